The molecule has 25 heavy (non-hydrogen) atoms. The molecule has 0 aliphatic carbocycles. The van der Waals surface area contributed by atoms with Gasteiger partial charge in [0.1, 0.15) is 11.5 Å². The molecule has 0 bridgehead atoms. The summed E-state index contributed by atoms with van der Waals surface area (Å²) in [6.45, 7) is 6.11. The van der Waals surface area contributed by atoms with Gasteiger partial charge in [-0.1, -0.05) is 26.0 Å². The van der Waals surface area contributed by atoms with E-state index < -0.39 is 0 Å². The fraction of sp³-hybridized carbons (Fsp3) is 0.350. The van der Waals surface area contributed by atoms with Gasteiger partial charge in [0.05, 0.1) is 5.39 Å². The summed E-state index contributed by atoms with van der Waals surface area (Å²) in [6, 6.07) is 7.01. The maximum Gasteiger partial charge on any atom is 0.150 e. The molecule has 1 aliphatic heterocycles. The second-order valence-corrected chi connectivity index (χ2v) is 7.09. The second kappa shape index (κ2) is 6.23. The summed E-state index contributed by atoms with van der Waals surface area (Å²) in [5.41, 5.74) is 2.55. The predicted octanol–water partition coefficient (Wildman–Crippen LogP) is 4.47. The Morgan fingerprint density at radius 3 is 2.52 bits per heavy atom. The molecule has 5 heteroatoms. The summed E-state index contributed by atoms with van der Waals surface area (Å²) in [5.74, 6) is 0.349. The molecular weight excluding hydrogens is 320 g/mol. The molecule has 0 saturated carbocycles. The standard InChI is InChI=1S/C20H21F2N3/c1-11-8-23-9-12(2)18(11)15-4-3-13(7-16(15)21)14-5-6-24-20-19(14)17(22)10-25-20/h3-7,10-12,18,23H,8-9H2,1-2H3,(H,24,25)/t11-,12+,18?. The molecule has 0 radical (unpaired) electrons. The van der Waals surface area contributed by atoms with Crippen LogP contribution in [0.15, 0.2) is 36.7 Å². The van der Waals surface area contributed by atoms with Crippen molar-refractivity contribution in [3.63, 3.8) is 0 Å². The van der Waals surface area contributed by atoms with Gasteiger partial charge in [-0.05, 0) is 59.7 Å². The Bertz CT molecular complexity index is 908. The lowest BCUT2D eigenvalue weighted by Gasteiger charge is -2.35. The smallest absolute Gasteiger partial charge is 0.150 e. The van der Waals surface area contributed by atoms with Crippen LogP contribution >= 0.6 is 0 Å². The highest BCUT2D eigenvalue weighted by Gasteiger charge is 2.31. The fourth-order valence-corrected chi connectivity index (χ4v) is 4.19. The quantitative estimate of drug-likeness (QED) is 0.722. The fourth-order valence-electron chi connectivity index (χ4n) is 4.19. The number of pyridine rings is 1. The molecule has 3 nitrogen and oxygen atoms in total. The van der Waals surface area contributed by atoms with Crippen molar-refractivity contribution in [3.05, 3.63) is 53.9 Å². The highest BCUT2D eigenvalue weighted by atomic mass is 19.1. The maximum absolute atomic E-state index is 15.0. The lowest BCUT2D eigenvalue weighted by molar-refractivity contribution is 0.263. The van der Waals surface area contributed by atoms with E-state index in [1.165, 1.54) is 12.3 Å². The van der Waals surface area contributed by atoms with Gasteiger partial charge < -0.3 is 10.3 Å². The highest BCUT2D eigenvalue weighted by molar-refractivity contribution is 5.93. The van der Waals surface area contributed by atoms with E-state index in [0.29, 0.717) is 34.0 Å². The van der Waals surface area contributed by atoms with E-state index >= 15 is 0 Å². The molecule has 130 valence electrons. The van der Waals surface area contributed by atoms with Crippen molar-refractivity contribution in [1.29, 1.82) is 0 Å². The van der Waals surface area contributed by atoms with E-state index in [-0.39, 0.29) is 17.6 Å². The van der Waals surface area contributed by atoms with Gasteiger partial charge in [-0.25, -0.2) is 13.8 Å². The predicted molar refractivity (Wildman–Crippen MR) is 95.4 cm³/mol. The third-order valence-electron chi connectivity index (χ3n) is 5.35. The van der Waals surface area contributed by atoms with Gasteiger partial charge >= 0.3 is 0 Å². The summed E-state index contributed by atoms with van der Waals surface area (Å²) in [7, 11) is 0. The largest absolute Gasteiger partial charge is 0.343 e. The van der Waals surface area contributed by atoms with Crippen LogP contribution in [0.25, 0.3) is 22.2 Å². The zero-order chi connectivity index (χ0) is 17.6. The Morgan fingerprint density at radius 1 is 1.04 bits per heavy atom. The van der Waals surface area contributed by atoms with Crippen molar-refractivity contribution in [2.45, 2.75) is 19.8 Å². The van der Waals surface area contributed by atoms with Crippen molar-refractivity contribution in [2.24, 2.45) is 11.8 Å². The van der Waals surface area contributed by atoms with Gasteiger partial charge in [-0.2, -0.15) is 0 Å². The third-order valence-corrected chi connectivity index (χ3v) is 5.35. The number of halogens is 2. The number of aromatic nitrogens is 2. The van der Waals surface area contributed by atoms with E-state index in [2.05, 4.69) is 29.1 Å². The first-order valence-corrected chi connectivity index (χ1v) is 8.68. The van der Waals surface area contributed by atoms with Crippen molar-refractivity contribution in [3.8, 4) is 11.1 Å². The van der Waals surface area contributed by atoms with Gasteiger partial charge in [-0.15, -0.1) is 0 Å². The van der Waals surface area contributed by atoms with Crippen LogP contribution in [-0.2, 0) is 0 Å². The van der Waals surface area contributed by atoms with Crippen LogP contribution < -0.4 is 5.32 Å². The van der Waals surface area contributed by atoms with Crippen LogP contribution in [-0.4, -0.2) is 23.1 Å². The SMILES string of the molecule is C[C@@H]1CNC[C@H](C)C1c1ccc(-c2ccnc3[nH]cc(F)c23)cc1F. The van der Waals surface area contributed by atoms with E-state index in [1.807, 2.05) is 12.1 Å². The van der Waals surface area contributed by atoms with E-state index in [4.69, 9.17) is 0 Å². The average molecular weight is 341 g/mol. The van der Waals surface area contributed by atoms with Crippen LogP contribution in [0.5, 0.6) is 0 Å². The molecule has 1 aliphatic rings. The van der Waals surface area contributed by atoms with E-state index in [0.717, 1.165) is 18.7 Å². The summed E-state index contributed by atoms with van der Waals surface area (Å²) in [6.07, 6.45) is 2.89. The minimum absolute atomic E-state index is 0.191. The Hall–Kier alpha value is -2.27. The van der Waals surface area contributed by atoms with Crippen molar-refractivity contribution in [2.75, 3.05) is 13.1 Å². The molecule has 4 rings (SSSR count). The lowest BCUT2D eigenvalue weighted by Crippen LogP contribution is -2.40. The molecule has 1 saturated heterocycles. The van der Waals surface area contributed by atoms with Gasteiger partial charge in [0, 0.05) is 12.4 Å². The molecule has 3 heterocycles. The first-order valence-electron chi connectivity index (χ1n) is 8.68. The summed E-state index contributed by atoms with van der Waals surface area (Å²) in [5, 5.41) is 3.79. The number of nitrogens with one attached hydrogen (secondary N) is 2. The first kappa shape index (κ1) is 16.2. The normalized spacial score (nSPS) is 23.9. The Morgan fingerprint density at radius 2 is 1.80 bits per heavy atom. The minimum Gasteiger partial charge on any atom is -0.343 e. The average Bonchev–Trinajstić information content (AvgIpc) is 2.97. The number of hydrogen-bond acceptors (Lipinski definition) is 2. The Labute approximate surface area is 145 Å². The van der Waals surface area contributed by atoms with E-state index in [1.54, 1.807) is 12.3 Å². The molecule has 3 aromatic rings. The van der Waals surface area contributed by atoms with Gasteiger partial charge in [-0.3, -0.25) is 0 Å². The van der Waals surface area contributed by atoms with Gasteiger partial charge in [0.15, 0.2) is 5.82 Å². The number of aromatic amines is 1. The zero-order valence-electron chi connectivity index (χ0n) is 14.3. The number of fused-ring (bicyclic) bond motifs is 1. The van der Waals surface area contributed by atoms with Crippen LogP contribution in [0, 0.1) is 23.5 Å². The van der Waals surface area contributed by atoms with Crippen LogP contribution in [0.4, 0.5) is 8.78 Å². The third kappa shape index (κ3) is 2.72. The first-order chi connectivity index (χ1) is 12.1. The zero-order valence-corrected chi connectivity index (χ0v) is 14.3. The Kier molecular flexibility index (Phi) is 4.04. The molecule has 0 amide bonds. The molecule has 3 atom stereocenters. The van der Waals surface area contributed by atoms with E-state index in [9.17, 15) is 8.78 Å². The molecule has 2 N–H and O–H groups in total. The highest BCUT2D eigenvalue weighted by Crippen LogP contribution is 2.37. The number of nitrogens with zero attached hydrogens (tertiary/aromatic N) is 1. The summed E-state index contributed by atoms with van der Waals surface area (Å²) in [4.78, 5) is 6.93. The number of benzene rings is 1. The molecule has 0 spiro atoms. The molecular formula is C20H21F2N3. The maximum atomic E-state index is 15.0. The van der Waals surface area contributed by atoms with Gasteiger partial charge in [0.25, 0.3) is 0 Å². The van der Waals surface area contributed by atoms with Gasteiger partial charge in [0.2, 0.25) is 0 Å². The molecule has 2 aromatic heterocycles. The van der Waals surface area contributed by atoms with Crippen molar-refractivity contribution in [1.82, 2.24) is 15.3 Å². The number of piperidine rings is 1. The monoisotopic (exact) mass is 341 g/mol. The Balaban J connectivity index is 1.78. The van der Waals surface area contributed by atoms with Crippen molar-refractivity contribution >= 4 is 11.0 Å². The number of rotatable bonds is 2. The minimum atomic E-state index is -0.372. The topological polar surface area (TPSA) is 40.7 Å². The van der Waals surface area contributed by atoms with Crippen LogP contribution in [0.3, 0.4) is 0 Å². The second-order valence-electron chi connectivity index (χ2n) is 7.09. The lowest BCUT2D eigenvalue weighted by atomic mass is 9.75. The molecule has 1 unspecified atom stereocenters. The summed E-state index contributed by atoms with van der Waals surface area (Å²) >= 11 is 0. The molecule has 1 aromatic carbocycles. The number of hydrogen-bond donors (Lipinski definition) is 2. The summed E-state index contributed by atoms with van der Waals surface area (Å²) < 4.78 is 29.0. The van der Waals surface area contributed by atoms with Crippen LogP contribution in [0.1, 0.15) is 25.3 Å². The van der Waals surface area contributed by atoms with Crippen molar-refractivity contribution < 1.29 is 8.78 Å². The molecule has 1 fully saturated rings. The van der Waals surface area contributed by atoms with Crippen LogP contribution in [0.2, 0.25) is 0 Å². The number of H-pyrrole nitrogens is 1.